The standard InChI is InChI=1S/C23H35ClN2O3S/c1-6-7-8-9-10-16(2)25-20(27)19-15-30-21(17-11-13-18(24)14-12-17)26(19)22(28)29-23(3,4)5/h11-14,16,19,21H,6-10,15H2,1-5H3,(H,25,27)/t16-,19-,21-/m0/s1. The zero-order valence-corrected chi connectivity index (χ0v) is 20.3. The fourth-order valence-corrected chi connectivity index (χ4v) is 4.96. The van der Waals surface area contributed by atoms with Gasteiger partial charge in [-0.1, -0.05) is 56.3 Å². The topological polar surface area (TPSA) is 58.6 Å². The SMILES string of the molecule is CCCCCC[C@H](C)NC(=O)[C@@H]1CS[C@@H](c2ccc(Cl)cc2)N1C(=O)OC(C)(C)C. The molecule has 7 heteroatoms. The highest BCUT2D eigenvalue weighted by molar-refractivity contribution is 7.99. The van der Waals surface area contributed by atoms with Crippen LogP contribution in [0.15, 0.2) is 24.3 Å². The van der Waals surface area contributed by atoms with E-state index in [2.05, 4.69) is 12.2 Å². The summed E-state index contributed by atoms with van der Waals surface area (Å²) < 4.78 is 5.64. The first-order valence-corrected chi connectivity index (χ1v) is 12.2. The highest BCUT2D eigenvalue weighted by Crippen LogP contribution is 2.42. The third kappa shape index (κ3) is 7.38. The third-order valence-electron chi connectivity index (χ3n) is 4.94. The average molecular weight is 455 g/mol. The van der Waals surface area contributed by atoms with Gasteiger partial charge in [-0.25, -0.2) is 4.79 Å². The number of carbonyl (C=O) groups is 2. The Kier molecular flexibility index (Phi) is 9.35. The van der Waals surface area contributed by atoms with E-state index < -0.39 is 17.7 Å². The first-order chi connectivity index (χ1) is 14.1. The van der Waals surface area contributed by atoms with E-state index in [1.165, 1.54) is 19.3 Å². The number of hydrogen-bond acceptors (Lipinski definition) is 4. The predicted molar refractivity (Wildman–Crippen MR) is 125 cm³/mol. The second-order valence-electron chi connectivity index (χ2n) is 8.90. The van der Waals surface area contributed by atoms with Crippen molar-refractivity contribution in [1.29, 1.82) is 0 Å². The van der Waals surface area contributed by atoms with Gasteiger partial charge in [-0.05, 0) is 51.8 Å². The van der Waals surface area contributed by atoms with Gasteiger partial charge in [0.2, 0.25) is 5.91 Å². The molecule has 1 heterocycles. The Balaban J connectivity index is 2.13. The summed E-state index contributed by atoms with van der Waals surface area (Å²) in [4.78, 5) is 27.7. The van der Waals surface area contributed by atoms with Crippen molar-refractivity contribution >= 4 is 35.4 Å². The summed E-state index contributed by atoms with van der Waals surface area (Å²) in [6.45, 7) is 9.71. The van der Waals surface area contributed by atoms with E-state index >= 15 is 0 Å². The molecule has 30 heavy (non-hydrogen) atoms. The van der Waals surface area contributed by atoms with Gasteiger partial charge in [0.25, 0.3) is 0 Å². The van der Waals surface area contributed by atoms with E-state index in [1.54, 1.807) is 28.8 Å². The minimum Gasteiger partial charge on any atom is -0.444 e. The van der Waals surface area contributed by atoms with Gasteiger partial charge in [0.1, 0.15) is 17.0 Å². The maximum absolute atomic E-state index is 13.1. The van der Waals surface area contributed by atoms with Gasteiger partial charge in [0.05, 0.1) is 0 Å². The number of nitrogens with one attached hydrogen (secondary N) is 1. The van der Waals surface area contributed by atoms with Gasteiger partial charge in [0, 0.05) is 16.8 Å². The molecule has 5 nitrogen and oxygen atoms in total. The Hall–Kier alpha value is -1.40. The summed E-state index contributed by atoms with van der Waals surface area (Å²) >= 11 is 7.60. The van der Waals surface area contributed by atoms with E-state index in [4.69, 9.17) is 16.3 Å². The highest BCUT2D eigenvalue weighted by atomic mass is 35.5. The van der Waals surface area contributed by atoms with Crippen LogP contribution in [0.2, 0.25) is 5.02 Å². The first-order valence-electron chi connectivity index (χ1n) is 10.8. The van der Waals surface area contributed by atoms with Gasteiger partial charge in [-0.15, -0.1) is 11.8 Å². The lowest BCUT2D eigenvalue weighted by molar-refractivity contribution is -0.126. The number of halogens is 1. The van der Waals surface area contributed by atoms with Crippen molar-refractivity contribution in [1.82, 2.24) is 10.2 Å². The molecule has 0 spiro atoms. The molecule has 1 aromatic carbocycles. The van der Waals surface area contributed by atoms with Crippen LogP contribution in [-0.2, 0) is 9.53 Å². The Morgan fingerprint density at radius 2 is 1.90 bits per heavy atom. The van der Waals surface area contributed by atoms with Gasteiger partial charge in [-0.3, -0.25) is 9.69 Å². The van der Waals surface area contributed by atoms with Crippen LogP contribution in [0.3, 0.4) is 0 Å². The van der Waals surface area contributed by atoms with Crippen molar-refractivity contribution in [3.8, 4) is 0 Å². The van der Waals surface area contributed by atoms with E-state index in [9.17, 15) is 9.59 Å². The summed E-state index contributed by atoms with van der Waals surface area (Å²) in [5.74, 6) is 0.411. The molecule has 0 unspecified atom stereocenters. The van der Waals surface area contributed by atoms with Crippen LogP contribution in [0.25, 0.3) is 0 Å². The molecular formula is C23H35ClN2O3S. The highest BCUT2D eigenvalue weighted by Gasteiger charge is 2.44. The molecule has 0 bridgehead atoms. The van der Waals surface area contributed by atoms with Crippen LogP contribution in [0.1, 0.15) is 77.7 Å². The Bertz CT molecular complexity index is 705. The fourth-order valence-electron chi connectivity index (χ4n) is 3.42. The number of carbonyl (C=O) groups excluding carboxylic acids is 2. The lowest BCUT2D eigenvalue weighted by atomic mass is 10.1. The molecule has 3 atom stereocenters. The van der Waals surface area contributed by atoms with Crippen molar-refractivity contribution < 1.29 is 14.3 Å². The molecule has 1 aliphatic heterocycles. The third-order valence-corrected chi connectivity index (χ3v) is 6.52. The van der Waals surface area contributed by atoms with Crippen LogP contribution in [-0.4, -0.2) is 40.3 Å². The van der Waals surface area contributed by atoms with E-state index in [0.29, 0.717) is 10.8 Å². The maximum Gasteiger partial charge on any atom is 0.412 e. The quantitative estimate of drug-likeness (QED) is 0.477. The van der Waals surface area contributed by atoms with Crippen LogP contribution in [0, 0.1) is 0 Å². The Morgan fingerprint density at radius 3 is 2.50 bits per heavy atom. The van der Waals surface area contributed by atoms with Gasteiger partial charge in [-0.2, -0.15) is 0 Å². The molecule has 0 aromatic heterocycles. The molecular weight excluding hydrogens is 420 g/mol. The van der Waals surface area contributed by atoms with Gasteiger partial charge in [0.15, 0.2) is 0 Å². The smallest absolute Gasteiger partial charge is 0.412 e. The number of benzene rings is 1. The molecule has 2 rings (SSSR count). The number of hydrogen-bond donors (Lipinski definition) is 1. The number of ether oxygens (including phenoxy) is 1. The largest absolute Gasteiger partial charge is 0.444 e. The van der Waals surface area contributed by atoms with Crippen LogP contribution in [0.4, 0.5) is 4.79 Å². The second-order valence-corrected chi connectivity index (χ2v) is 10.4. The summed E-state index contributed by atoms with van der Waals surface area (Å²) in [7, 11) is 0. The molecule has 1 saturated heterocycles. The molecule has 0 aliphatic carbocycles. The number of nitrogens with zero attached hydrogens (tertiary/aromatic N) is 1. The van der Waals surface area contributed by atoms with E-state index in [0.717, 1.165) is 18.4 Å². The fraction of sp³-hybridized carbons (Fsp3) is 0.652. The van der Waals surface area contributed by atoms with Gasteiger partial charge >= 0.3 is 6.09 Å². The normalized spacial score (nSPS) is 20.1. The van der Waals surface area contributed by atoms with Crippen molar-refractivity contribution in [2.24, 2.45) is 0 Å². The van der Waals surface area contributed by atoms with Crippen molar-refractivity contribution in [2.75, 3.05) is 5.75 Å². The lowest BCUT2D eigenvalue weighted by Gasteiger charge is -2.32. The molecule has 0 radical (unpaired) electrons. The van der Waals surface area contributed by atoms with E-state index in [1.807, 2.05) is 39.8 Å². The second kappa shape index (κ2) is 11.3. The number of unbranched alkanes of at least 4 members (excludes halogenated alkanes) is 3. The number of thioether (sulfide) groups is 1. The number of rotatable bonds is 8. The summed E-state index contributed by atoms with van der Waals surface area (Å²) in [6.07, 6.45) is 5.16. The van der Waals surface area contributed by atoms with E-state index in [-0.39, 0.29) is 17.3 Å². The molecule has 2 amide bonds. The zero-order valence-electron chi connectivity index (χ0n) is 18.7. The molecule has 1 aliphatic rings. The monoisotopic (exact) mass is 454 g/mol. The maximum atomic E-state index is 13.1. The molecule has 1 N–H and O–H groups in total. The minimum absolute atomic E-state index is 0.0782. The minimum atomic E-state index is -0.636. The lowest BCUT2D eigenvalue weighted by Crippen LogP contribution is -2.51. The summed E-state index contributed by atoms with van der Waals surface area (Å²) in [6, 6.07) is 6.91. The molecule has 1 fully saturated rings. The summed E-state index contributed by atoms with van der Waals surface area (Å²) in [5.41, 5.74) is 0.292. The van der Waals surface area contributed by atoms with Gasteiger partial charge < -0.3 is 10.1 Å². The summed E-state index contributed by atoms with van der Waals surface area (Å²) in [5, 5.41) is 3.46. The first kappa shape index (κ1) is 24.9. The molecule has 168 valence electrons. The Labute approximate surface area is 190 Å². The van der Waals surface area contributed by atoms with Crippen molar-refractivity contribution in [3.05, 3.63) is 34.9 Å². The Morgan fingerprint density at radius 1 is 1.23 bits per heavy atom. The average Bonchev–Trinajstić information content (AvgIpc) is 3.10. The van der Waals surface area contributed by atoms with Crippen molar-refractivity contribution in [3.63, 3.8) is 0 Å². The predicted octanol–water partition coefficient (Wildman–Crippen LogP) is 6.17. The van der Waals surface area contributed by atoms with Crippen molar-refractivity contribution in [2.45, 2.75) is 89.8 Å². The van der Waals surface area contributed by atoms with Crippen LogP contribution >= 0.6 is 23.4 Å². The van der Waals surface area contributed by atoms with Crippen LogP contribution < -0.4 is 5.32 Å². The van der Waals surface area contributed by atoms with Crippen LogP contribution in [0.5, 0.6) is 0 Å². The zero-order chi connectivity index (χ0) is 22.3. The number of amides is 2. The molecule has 1 aromatic rings. The molecule has 0 saturated carbocycles.